The van der Waals surface area contributed by atoms with E-state index in [0.29, 0.717) is 17.5 Å². The summed E-state index contributed by atoms with van der Waals surface area (Å²) >= 11 is 0.714. The van der Waals surface area contributed by atoms with Crippen LogP contribution in [0.15, 0.2) is 41.3 Å². The molecular formula is C22H20FN3O5S. The molecule has 1 aliphatic heterocycles. The molecule has 3 amide bonds. The highest BCUT2D eigenvalue weighted by Crippen LogP contribution is 2.32. The molecule has 0 saturated carbocycles. The fourth-order valence-electron chi connectivity index (χ4n) is 2.91. The second-order valence-corrected chi connectivity index (χ2v) is 7.65. The highest BCUT2D eigenvalue weighted by molar-refractivity contribution is 8.18. The van der Waals surface area contributed by atoms with Gasteiger partial charge in [-0.25, -0.2) is 14.2 Å². The summed E-state index contributed by atoms with van der Waals surface area (Å²) in [5.41, 5.74) is 0.909. The number of aryl methyl sites for hydroxylation is 1. The maximum atomic E-state index is 13.8. The molecule has 1 aromatic heterocycles. The molecule has 8 nitrogen and oxygen atoms in total. The first-order valence-electron chi connectivity index (χ1n) is 9.74. The summed E-state index contributed by atoms with van der Waals surface area (Å²) < 4.78 is 18.7. The Bertz CT molecular complexity index is 1120. The van der Waals surface area contributed by atoms with E-state index >= 15 is 0 Å². The van der Waals surface area contributed by atoms with Crippen LogP contribution in [0.5, 0.6) is 0 Å². The average Bonchev–Trinajstić information content (AvgIpc) is 3.02. The number of thioether (sulfide) groups is 1. The summed E-state index contributed by atoms with van der Waals surface area (Å²) in [5.74, 6) is -2.08. The van der Waals surface area contributed by atoms with E-state index < -0.39 is 28.8 Å². The number of hydrogen-bond acceptors (Lipinski definition) is 7. The van der Waals surface area contributed by atoms with Crippen molar-refractivity contribution in [2.45, 2.75) is 13.8 Å². The van der Waals surface area contributed by atoms with Crippen LogP contribution in [0.25, 0.3) is 6.08 Å². The third-order valence-corrected chi connectivity index (χ3v) is 5.41. The fourth-order valence-corrected chi connectivity index (χ4v) is 3.77. The van der Waals surface area contributed by atoms with Gasteiger partial charge < -0.3 is 10.1 Å². The zero-order valence-electron chi connectivity index (χ0n) is 17.4. The van der Waals surface area contributed by atoms with Gasteiger partial charge in [0.15, 0.2) is 0 Å². The van der Waals surface area contributed by atoms with Crippen LogP contribution in [0.1, 0.15) is 39.0 Å². The van der Waals surface area contributed by atoms with Crippen LogP contribution in [-0.4, -0.2) is 52.6 Å². The Morgan fingerprint density at radius 3 is 2.66 bits per heavy atom. The van der Waals surface area contributed by atoms with Crippen molar-refractivity contribution < 1.29 is 28.3 Å². The van der Waals surface area contributed by atoms with Gasteiger partial charge in [0.05, 0.1) is 22.8 Å². The van der Waals surface area contributed by atoms with E-state index in [9.17, 15) is 23.6 Å². The van der Waals surface area contributed by atoms with Gasteiger partial charge in [0.1, 0.15) is 11.5 Å². The number of nitrogens with zero attached hydrogens (tertiary/aromatic N) is 2. The number of carbonyl (C=O) groups excluding carboxylic acids is 4. The van der Waals surface area contributed by atoms with Crippen LogP contribution in [0.3, 0.4) is 0 Å². The normalized spacial score (nSPS) is 14.7. The lowest BCUT2D eigenvalue weighted by Crippen LogP contribution is -2.37. The predicted molar refractivity (Wildman–Crippen MR) is 116 cm³/mol. The van der Waals surface area contributed by atoms with Crippen molar-refractivity contribution in [1.29, 1.82) is 0 Å². The zero-order chi connectivity index (χ0) is 23.3. The van der Waals surface area contributed by atoms with Crippen molar-refractivity contribution in [2.24, 2.45) is 0 Å². The van der Waals surface area contributed by atoms with Crippen LogP contribution in [0, 0.1) is 12.7 Å². The molecule has 3 rings (SSSR count). The second kappa shape index (κ2) is 10.2. The predicted octanol–water partition coefficient (Wildman–Crippen LogP) is 3.17. The van der Waals surface area contributed by atoms with Gasteiger partial charge in [0.2, 0.25) is 0 Å². The molecule has 32 heavy (non-hydrogen) atoms. The Hall–Kier alpha value is -3.53. The molecule has 0 atom stereocenters. The zero-order valence-corrected chi connectivity index (χ0v) is 18.2. The van der Waals surface area contributed by atoms with Crippen LogP contribution in [0.4, 0.5) is 9.18 Å². The van der Waals surface area contributed by atoms with E-state index in [2.05, 4.69) is 10.3 Å². The van der Waals surface area contributed by atoms with Crippen molar-refractivity contribution in [3.05, 3.63) is 69.6 Å². The molecule has 1 N–H and O–H groups in total. The van der Waals surface area contributed by atoms with E-state index in [4.69, 9.17) is 4.74 Å². The fraction of sp³-hybridized carbons (Fsp3) is 0.227. The molecule has 0 unspecified atom stereocenters. The molecule has 1 fully saturated rings. The number of benzene rings is 1. The Morgan fingerprint density at radius 2 is 1.97 bits per heavy atom. The van der Waals surface area contributed by atoms with E-state index in [1.54, 1.807) is 19.9 Å². The van der Waals surface area contributed by atoms with E-state index in [-0.39, 0.29) is 41.4 Å². The van der Waals surface area contributed by atoms with Gasteiger partial charge in [-0.1, -0.05) is 18.2 Å². The summed E-state index contributed by atoms with van der Waals surface area (Å²) in [6, 6.07) is 8.78. The number of esters is 1. The summed E-state index contributed by atoms with van der Waals surface area (Å²) in [6.45, 7) is 3.46. The Kier molecular flexibility index (Phi) is 7.37. The number of amides is 3. The molecule has 10 heteroatoms. The van der Waals surface area contributed by atoms with Gasteiger partial charge in [-0.15, -0.1) is 0 Å². The number of imide groups is 1. The molecule has 166 valence electrons. The third kappa shape index (κ3) is 5.20. The SMILES string of the molecule is CCOC(=O)c1ccc(C(=O)NCCN2C(=O)S/C(=C\c3ccccc3F)C2=O)nc1C. The van der Waals surface area contributed by atoms with Gasteiger partial charge >= 0.3 is 5.97 Å². The monoisotopic (exact) mass is 457 g/mol. The van der Waals surface area contributed by atoms with Crippen LogP contribution in [0.2, 0.25) is 0 Å². The molecule has 1 aromatic carbocycles. The number of halogens is 1. The van der Waals surface area contributed by atoms with Gasteiger partial charge in [-0.05, 0) is 49.9 Å². The van der Waals surface area contributed by atoms with Gasteiger partial charge in [0, 0.05) is 18.7 Å². The lowest BCUT2D eigenvalue weighted by molar-refractivity contribution is -0.122. The van der Waals surface area contributed by atoms with Crippen LogP contribution >= 0.6 is 11.8 Å². The summed E-state index contributed by atoms with van der Waals surface area (Å²) in [6.07, 6.45) is 1.33. The highest BCUT2D eigenvalue weighted by Gasteiger charge is 2.34. The molecule has 2 aromatic rings. The maximum Gasteiger partial charge on any atom is 0.339 e. The van der Waals surface area contributed by atoms with Gasteiger partial charge in [0.25, 0.3) is 17.1 Å². The smallest absolute Gasteiger partial charge is 0.339 e. The molecule has 0 spiro atoms. The molecule has 1 aliphatic rings. The second-order valence-electron chi connectivity index (χ2n) is 6.66. The number of ether oxygens (including phenoxy) is 1. The molecule has 0 bridgehead atoms. The molecular weight excluding hydrogens is 437 g/mol. The Balaban J connectivity index is 1.59. The maximum absolute atomic E-state index is 13.8. The number of rotatable bonds is 7. The Morgan fingerprint density at radius 1 is 1.22 bits per heavy atom. The summed E-state index contributed by atoms with van der Waals surface area (Å²) in [5, 5.41) is 2.09. The van der Waals surface area contributed by atoms with E-state index in [1.165, 1.54) is 36.4 Å². The summed E-state index contributed by atoms with van der Waals surface area (Å²) in [7, 11) is 0. The minimum absolute atomic E-state index is 0.00417. The van der Waals surface area contributed by atoms with Crippen molar-refractivity contribution in [1.82, 2.24) is 15.2 Å². The Labute approximate surface area is 187 Å². The average molecular weight is 457 g/mol. The van der Waals surface area contributed by atoms with Crippen LogP contribution < -0.4 is 5.32 Å². The number of pyridine rings is 1. The number of hydrogen-bond donors (Lipinski definition) is 1. The van der Waals surface area contributed by atoms with Crippen molar-refractivity contribution in [3.8, 4) is 0 Å². The summed E-state index contributed by atoms with van der Waals surface area (Å²) in [4.78, 5) is 54.1. The standard InChI is InChI=1S/C22H20FN3O5S/c1-3-31-21(29)15-8-9-17(25-13(15)2)19(27)24-10-11-26-20(28)18(32-22(26)30)12-14-6-4-5-7-16(14)23/h4-9,12H,3,10-11H2,1-2H3,(H,24,27)/b18-12-. The van der Waals surface area contributed by atoms with Gasteiger partial charge in [-0.2, -0.15) is 0 Å². The topological polar surface area (TPSA) is 106 Å². The van der Waals surface area contributed by atoms with Gasteiger partial charge in [-0.3, -0.25) is 19.3 Å². The van der Waals surface area contributed by atoms with Crippen LogP contribution in [-0.2, 0) is 9.53 Å². The first-order chi connectivity index (χ1) is 15.3. The van der Waals surface area contributed by atoms with E-state index in [0.717, 1.165) is 4.90 Å². The van der Waals surface area contributed by atoms with E-state index in [1.807, 2.05) is 0 Å². The number of nitrogens with one attached hydrogen (secondary N) is 1. The molecule has 0 radical (unpaired) electrons. The van der Waals surface area contributed by atoms with Crippen molar-refractivity contribution in [3.63, 3.8) is 0 Å². The molecule has 2 heterocycles. The lowest BCUT2D eigenvalue weighted by atomic mass is 10.2. The first kappa shape index (κ1) is 23.1. The largest absolute Gasteiger partial charge is 0.462 e. The number of carbonyl (C=O) groups is 4. The first-order valence-corrected chi connectivity index (χ1v) is 10.6. The third-order valence-electron chi connectivity index (χ3n) is 4.50. The lowest BCUT2D eigenvalue weighted by Gasteiger charge is -2.13. The molecule has 1 saturated heterocycles. The number of aromatic nitrogens is 1. The van der Waals surface area contributed by atoms with Crippen molar-refractivity contribution >= 4 is 40.9 Å². The minimum atomic E-state index is -0.551. The highest BCUT2D eigenvalue weighted by atomic mass is 32.2. The van der Waals surface area contributed by atoms with Crippen molar-refractivity contribution in [2.75, 3.05) is 19.7 Å². The molecule has 0 aliphatic carbocycles. The quantitative estimate of drug-likeness (QED) is 0.503. The minimum Gasteiger partial charge on any atom is -0.462 e.